The molecule has 1 N–H and O–H groups in total. The molecule has 0 aliphatic carbocycles. The van der Waals surface area contributed by atoms with E-state index in [4.69, 9.17) is 4.52 Å². The van der Waals surface area contributed by atoms with Crippen molar-refractivity contribution in [1.29, 1.82) is 0 Å². The number of thiophene rings is 1. The molecule has 0 aromatic carbocycles. The van der Waals surface area contributed by atoms with E-state index in [0.29, 0.717) is 17.9 Å². The van der Waals surface area contributed by atoms with Gasteiger partial charge in [-0.25, -0.2) is 9.97 Å². The summed E-state index contributed by atoms with van der Waals surface area (Å²) in [4.78, 5) is 24.5. The maximum Gasteiger partial charge on any atom is 0.229 e. The monoisotopic (exact) mass is 343 g/mol. The number of fused-ring (bicyclic) bond motifs is 1. The second kappa shape index (κ2) is 6.20. The van der Waals surface area contributed by atoms with Crippen LogP contribution in [0.4, 0.5) is 11.5 Å². The van der Waals surface area contributed by atoms with Gasteiger partial charge < -0.3 is 14.7 Å². The molecule has 3 aromatic heterocycles. The lowest BCUT2D eigenvalue weighted by Gasteiger charge is -2.33. The molecule has 7 nitrogen and oxygen atoms in total. The molecule has 24 heavy (non-hydrogen) atoms. The first-order valence-corrected chi connectivity index (χ1v) is 8.75. The minimum atomic E-state index is -0.0864. The zero-order valence-electron chi connectivity index (χ0n) is 13.2. The summed E-state index contributed by atoms with van der Waals surface area (Å²) in [6.07, 6.45) is 4.88. The van der Waals surface area contributed by atoms with Crippen LogP contribution >= 0.6 is 11.3 Å². The van der Waals surface area contributed by atoms with Gasteiger partial charge in [-0.2, -0.15) is 0 Å². The molecule has 3 aromatic rings. The molecule has 1 aliphatic rings. The Hall–Kier alpha value is -2.48. The molecular weight excluding hydrogens is 326 g/mol. The minimum Gasteiger partial charge on any atom is -0.362 e. The second-order valence-corrected chi connectivity index (χ2v) is 6.82. The van der Waals surface area contributed by atoms with Crippen LogP contribution < -0.4 is 10.2 Å². The van der Waals surface area contributed by atoms with Gasteiger partial charge in [0.05, 0.1) is 11.3 Å². The smallest absolute Gasteiger partial charge is 0.229 e. The summed E-state index contributed by atoms with van der Waals surface area (Å²) in [5.74, 6) is 0.832. The molecule has 1 fully saturated rings. The van der Waals surface area contributed by atoms with E-state index in [2.05, 4.69) is 25.3 Å². The summed E-state index contributed by atoms with van der Waals surface area (Å²) in [5, 5.41) is 9.77. The van der Waals surface area contributed by atoms with Gasteiger partial charge in [-0.05, 0) is 31.2 Å². The minimum absolute atomic E-state index is 0.00150. The highest BCUT2D eigenvalue weighted by atomic mass is 32.1. The molecule has 1 atom stereocenters. The summed E-state index contributed by atoms with van der Waals surface area (Å²) in [5.41, 5.74) is 1.33. The number of anilines is 2. The summed E-state index contributed by atoms with van der Waals surface area (Å²) in [6, 6.07) is 2.04. The van der Waals surface area contributed by atoms with Crippen molar-refractivity contribution in [1.82, 2.24) is 15.1 Å². The van der Waals surface area contributed by atoms with Gasteiger partial charge in [-0.3, -0.25) is 4.79 Å². The van der Waals surface area contributed by atoms with Crippen LogP contribution in [-0.2, 0) is 4.79 Å². The number of amides is 1. The fourth-order valence-electron chi connectivity index (χ4n) is 3.06. The summed E-state index contributed by atoms with van der Waals surface area (Å²) < 4.78 is 4.87. The number of piperidine rings is 1. The molecule has 0 spiro atoms. The molecular formula is C16H17N5O2S. The van der Waals surface area contributed by atoms with Crippen molar-refractivity contribution < 1.29 is 9.32 Å². The lowest BCUT2D eigenvalue weighted by Crippen LogP contribution is -2.41. The van der Waals surface area contributed by atoms with Crippen LogP contribution in [0.5, 0.6) is 0 Å². The molecule has 1 unspecified atom stereocenters. The van der Waals surface area contributed by atoms with Crippen LogP contribution in [0.3, 0.4) is 0 Å². The lowest BCUT2D eigenvalue weighted by molar-refractivity contribution is -0.120. The molecule has 4 rings (SSSR count). The zero-order chi connectivity index (χ0) is 16.5. The third-order valence-corrected chi connectivity index (χ3v) is 5.16. The van der Waals surface area contributed by atoms with Gasteiger partial charge in [0.2, 0.25) is 5.91 Å². The quantitative estimate of drug-likeness (QED) is 0.787. The van der Waals surface area contributed by atoms with Crippen LogP contribution in [0.25, 0.3) is 10.2 Å². The highest BCUT2D eigenvalue weighted by molar-refractivity contribution is 7.16. The van der Waals surface area contributed by atoms with Crippen LogP contribution in [0.1, 0.15) is 18.5 Å². The topological polar surface area (TPSA) is 84.2 Å². The maximum absolute atomic E-state index is 12.6. The van der Waals surface area contributed by atoms with Crippen molar-refractivity contribution in [3.8, 4) is 0 Å². The van der Waals surface area contributed by atoms with Gasteiger partial charge in [-0.15, -0.1) is 11.3 Å². The van der Waals surface area contributed by atoms with E-state index in [1.54, 1.807) is 24.6 Å². The predicted molar refractivity (Wildman–Crippen MR) is 92.2 cm³/mol. The largest absolute Gasteiger partial charge is 0.362 e. The highest BCUT2D eigenvalue weighted by Gasteiger charge is 2.28. The Morgan fingerprint density at radius 1 is 1.46 bits per heavy atom. The van der Waals surface area contributed by atoms with E-state index < -0.39 is 0 Å². The van der Waals surface area contributed by atoms with E-state index >= 15 is 0 Å². The summed E-state index contributed by atoms with van der Waals surface area (Å²) in [6.45, 7) is 3.36. The number of carbonyl (C=O) groups excluding carboxylic acids is 1. The Bertz CT molecular complexity index is 874. The van der Waals surface area contributed by atoms with Gasteiger partial charge >= 0.3 is 0 Å². The molecule has 0 saturated carbocycles. The van der Waals surface area contributed by atoms with Crippen molar-refractivity contribution in [3.05, 3.63) is 29.7 Å². The summed E-state index contributed by atoms with van der Waals surface area (Å²) >= 11 is 1.60. The highest BCUT2D eigenvalue weighted by Crippen LogP contribution is 2.30. The Kier molecular flexibility index (Phi) is 3.89. The number of rotatable bonds is 3. The van der Waals surface area contributed by atoms with E-state index in [1.165, 1.54) is 6.26 Å². The summed E-state index contributed by atoms with van der Waals surface area (Å²) in [7, 11) is 0. The van der Waals surface area contributed by atoms with Crippen molar-refractivity contribution in [2.75, 3.05) is 23.3 Å². The molecule has 124 valence electrons. The fraction of sp³-hybridized carbons (Fsp3) is 0.375. The lowest BCUT2D eigenvalue weighted by atomic mass is 9.97. The number of nitrogens with zero attached hydrogens (tertiary/aromatic N) is 4. The predicted octanol–water partition coefficient (Wildman–Crippen LogP) is 2.84. The van der Waals surface area contributed by atoms with Crippen molar-refractivity contribution in [2.24, 2.45) is 5.92 Å². The Balaban J connectivity index is 1.52. The van der Waals surface area contributed by atoms with Crippen LogP contribution in [0, 0.1) is 12.8 Å². The molecule has 1 aliphatic heterocycles. The zero-order valence-corrected chi connectivity index (χ0v) is 14.0. The van der Waals surface area contributed by atoms with E-state index in [9.17, 15) is 4.79 Å². The fourth-order valence-corrected chi connectivity index (χ4v) is 3.79. The van der Waals surface area contributed by atoms with Crippen molar-refractivity contribution in [2.45, 2.75) is 19.8 Å². The van der Waals surface area contributed by atoms with Gasteiger partial charge in [0.25, 0.3) is 0 Å². The average molecular weight is 343 g/mol. The molecule has 8 heteroatoms. The third-order valence-electron chi connectivity index (χ3n) is 4.34. The first-order valence-electron chi connectivity index (χ1n) is 7.87. The van der Waals surface area contributed by atoms with Gasteiger partial charge in [0.15, 0.2) is 0 Å². The van der Waals surface area contributed by atoms with Crippen LogP contribution in [0.15, 0.2) is 28.6 Å². The SMILES string of the molecule is Cc1nocc1NC(=O)C1CCCN(c2ncnc3sccc23)C1. The molecule has 1 amide bonds. The number of carbonyl (C=O) groups is 1. The van der Waals surface area contributed by atoms with Gasteiger partial charge in [-0.1, -0.05) is 5.16 Å². The maximum atomic E-state index is 12.6. The molecule has 1 saturated heterocycles. The number of nitrogens with one attached hydrogen (secondary N) is 1. The molecule has 4 heterocycles. The second-order valence-electron chi connectivity index (χ2n) is 5.92. The average Bonchev–Trinajstić information content (AvgIpc) is 3.24. The van der Waals surface area contributed by atoms with Crippen molar-refractivity contribution in [3.63, 3.8) is 0 Å². The van der Waals surface area contributed by atoms with Gasteiger partial charge in [0, 0.05) is 13.1 Å². The standard InChI is InChI=1S/C16H17N5O2S/c1-10-13(8-23-20-10)19-15(22)11-3-2-5-21(7-11)14-12-4-6-24-16(12)18-9-17-14/h4,6,8-9,11H,2-3,5,7H2,1H3,(H,19,22). The number of aryl methyl sites for hydroxylation is 1. The van der Waals surface area contributed by atoms with E-state index in [-0.39, 0.29) is 11.8 Å². The first-order chi connectivity index (χ1) is 11.7. The first kappa shape index (κ1) is 15.1. The van der Waals surface area contributed by atoms with Crippen LogP contribution in [0.2, 0.25) is 0 Å². The third kappa shape index (κ3) is 2.73. The molecule has 0 bridgehead atoms. The Labute approximate surface area is 142 Å². The Morgan fingerprint density at radius 3 is 3.21 bits per heavy atom. The van der Waals surface area contributed by atoms with Crippen LogP contribution in [-0.4, -0.2) is 34.1 Å². The van der Waals surface area contributed by atoms with E-state index in [0.717, 1.165) is 35.4 Å². The number of hydrogen-bond acceptors (Lipinski definition) is 7. The number of aromatic nitrogens is 3. The van der Waals surface area contributed by atoms with E-state index in [1.807, 2.05) is 11.4 Å². The van der Waals surface area contributed by atoms with Crippen molar-refractivity contribution >= 4 is 39.0 Å². The molecule has 0 radical (unpaired) electrons. The Morgan fingerprint density at radius 2 is 2.38 bits per heavy atom. The normalized spacial score (nSPS) is 18.0. The van der Waals surface area contributed by atoms with Gasteiger partial charge in [0.1, 0.15) is 34.6 Å². The number of hydrogen-bond donors (Lipinski definition) is 1.